The third kappa shape index (κ3) is 3.46. The fraction of sp³-hybridized carbons (Fsp3) is 0.158. The molecular weight excluding hydrogens is 320 g/mol. The predicted octanol–water partition coefficient (Wildman–Crippen LogP) is 4.47. The molecule has 3 aromatic rings. The molecular formula is C19H18N2O2S. The zero-order valence-corrected chi connectivity index (χ0v) is 14.3. The summed E-state index contributed by atoms with van der Waals surface area (Å²) in [7, 11) is 0. The highest BCUT2D eigenvalue weighted by atomic mass is 32.1. The van der Waals surface area contributed by atoms with E-state index in [0.29, 0.717) is 23.9 Å². The summed E-state index contributed by atoms with van der Waals surface area (Å²) in [6.45, 7) is 6.04. The van der Waals surface area contributed by atoms with Gasteiger partial charge in [-0.2, -0.15) is 0 Å². The molecule has 0 fully saturated rings. The van der Waals surface area contributed by atoms with Gasteiger partial charge in [-0.1, -0.05) is 30.3 Å². The number of aromatic nitrogens is 1. The fourth-order valence-corrected chi connectivity index (χ4v) is 3.07. The highest BCUT2D eigenvalue weighted by Gasteiger charge is 2.19. The van der Waals surface area contributed by atoms with Crippen LogP contribution in [-0.2, 0) is 11.2 Å². The summed E-state index contributed by atoms with van der Waals surface area (Å²) in [6, 6.07) is 13.5. The summed E-state index contributed by atoms with van der Waals surface area (Å²) in [5.74, 6) is 1.22. The summed E-state index contributed by atoms with van der Waals surface area (Å²) >= 11 is 1.56. The fourth-order valence-electron chi connectivity index (χ4n) is 2.42. The molecule has 2 aromatic heterocycles. The number of rotatable bonds is 6. The molecule has 0 N–H and O–H groups in total. The van der Waals surface area contributed by atoms with Crippen LogP contribution >= 0.6 is 11.3 Å². The number of thiophene rings is 1. The molecule has 2 heterocycles. The molecule has 0 radical (unpaired) electrons. The minimum atomic E-state index is -0.0322. The van der Waals surface area contributed by atoms with Gasteiger partial charge in [-0.25, -0.2) is 4.98 Å². The first kappa shape index (κ1) is 16.2. The number of amides is 1. The number of oxazole rings is 1. The molecule has 0 bridgehead atoms. The first-order valence-electron chi connectivity index (χ1n) is 7.65. The molecule has 0 aliphatic heterocycles. The van der Waals surface area contributed by atoms with Gasteiger partial charge in [-0.15, -0.1) is 17.9 Å². The number of hydrogen-bond donors (Lipinski definition) is 0. The van der Waals surface area contributed by atoms with Crippen LogP contribution in [0.2, 0.25) is 0 Å². The number of aryl methyl sites for hydroxylation is 1. The second-order valence-corrected chi connectivity index (χ2v) is 6.25. The Morgan fingerprint density at radius 3 is 2.75 bits per heavy atom. The molecule has 24 heavy (non-hydrogen) atoms. The standard InChI is InChI=1S/C19H18N2O2S/c1-3-11-21(15-8-5-4-6-9-15)18(22)13-16-14(2)23-19(20-16)17-10-7-12-24-17/h3-10,12H,1,11,13H2,2H3. The zero-order chi connectivity index (χ0) is 16.9. The normalized spacial score (nSPS) is 10.5. The first-order valence-corrected chi connectivity index (χ1v) is 8.53. The molecule has 5 heteroatoms. The minimum absolute atomic E-state index is 0.0322. The van der Waals surface area contributed by atoms with Gasteiger partial charge in [0.1, 0.15) is 5.76 Å². The smallest absolute Gasteiger partial charge is 0.236 e. The largest absolute Gasteiger partial charge is 0.440 e. The summed E-state index contributed by atoms with van der Waals surface area (Å²) in [4.78, 5) is 19.9. The van der Waals surface area contributed by atoms with Crippen molar-refractivity contribution in [3.63, 3.8) is 0 Å². The lowest BCUT2D eigenvalue weighted by Gasteiger charge is -2.20. The first-order chi connectivity index (χ1) is 11.7. The van der Waals surface area contributed by atoms with Crippen LogP contribution in [0.5, 0.6) is 0 Å². The van der Waals surface area contributed by atoms with Gasteiger partial charge >= 0.3 is 0 Å². The Kier molecular flexibility index (Phi) is 4.91. The monoisotopic (exact) mass is 338 g/mol. The van der Waals surface area contributed by atoms with Crippen molar-refractivity contribution < 1.29 is 9.21 Å². The van der Waals surface area contributed by atoms with E-state index in [4.69, 9.17) is 4.42 Å². The maximum atomic E-state index is 12.8. The number of carbonyl (C=O) groups is 1. The maximum absolute atomic E-state index is 12.8. The molecule has 0 aliphatic carbocycles. The third-order valence-corrected chi connectivity index (χ3v) is 4.48. The zero-order valence-electron chi connectivity index (χ0n) is 13.4. The van der Waals surface area contributed by atoms with Crippen LogP contribution in [0.3, 0.4) is 0 Å². The molecule has 3 rings (SSSR count). The van der Waals surface area contributed by atoms with Gasteiger partial charge in [0.15, 0.2) is 0 Å². The van der Waals surface area contributed by atoms with Gasteiger partial charge in [0.25, 0.3) is 0 Å². The Balaban J connectivity index is 1.81. The topological polar surface area (TPSA) is 46.3 Å². The highest BCUT2D eigenvalue weighted by molar-refractivity contribution is 7.13. The van der Waals surface area contributed by atoms with Crippen LogP contribution < -0.4 is 4.90 Å². The number of para-hydroxylation sites is 1. The molecule has 0 unspecified atom stereocenters. The number of carbonyl (C=O) groups excluding carboxylic acids is 1. The van der Waals surface area contributed by atoms with E-state index in [2.05, 4.69) is 11.6 Å². The summed E-state index contributed by atoms with van der Waals surface area (Å²) in [5, 5.41) is 1.97. The van der Waals surface area contributed by atoms with Crippen molar-refractivity contribution in [1.82, 2.24) is 4.98 Å². The van der Waals surface area contributed by atoms with Crippen molar-refractivity contribution in [2.45, 2.75) is 13.3 Å². The molecule has 1 aromatic carbocycles. The lowest BCUT2D eigenvalue weighted by Crippen LogP contribution is -2.32. The van der Waals surface area contributed by atoms with E-state index < -0.39 is 0 Å². The van der Waals surface area contributed by atoms with Gasteiger partial charge in [0.05, 0.1) is 17.0 Å². The van der Waals surface area contributed by atoms with Gasteiger partial charge < -0.3 is 9.32 Å². The number of nitrogens with zero attached hydrogens (tertiary/aromatic N) is 2. The van der Waals surface area contributed by atoms with Gasteiger partial charge in [0, 0.05) is 12.2 Å². The van der Waals surface area contributed by atoms with Gasteiger partial charge in [-0.05, 0) is 30.5 Å². The lowest BCUT2D eigenvalue weighted by molar-refractivity contribution is -0.117. The van der Waals surface area contributed by atoms with Crippen molar-refractivity contribution in [3.8, 4) is 10.8 Å². The van der Waals surface area contributed by atoms with Crippen LogP contribution in [0.1, 0.15) is 11.5 Å². The lowest BCUT2D eigenvalue weighted by atomic mass is 10.2. The van der Waals surface area contributed by atoms with Crippen LogP contribution in [0.15, 0.2) is 64.9 Å². The number of benzene rings is 1. The third-order valence-electron chi connectivity index (χ3n) is 3.62. The van der Waals surface area contributed by atoms with Gasteiger partial charge in [-0.3, -0.25) is 4.79 Å². The Morgan fingerprint density at radius 2 is 2.08 bits per heavy atom. The molecule has 0 saturated heterocycles. The second kappa shape index (κ2) is 7.27. The second-order valence-electron chi connectivity index (χ2n) is 5.30. The van der Waals surface area contributed by atoms with Crippen molar-refractivity contribution >= 4 is 22.9 Å². The summed E-state index contributed by atoms with van der Waals surface area (Å²) < 4.78 is 5.71. The molecule has 4 nitrogen and oxygen atoms in total. The summed E-state index contributed by atoms with van der Waals surface area (Å²) in [6.07, 6.45) is 1.92. The quantitative estimate of drug-likeness (QED) is 0.623. The average molecular weight is 338 g/mol. The van der Waals surface area contributed by atoms with E-state index in [0.717, 1.165) is 10.6 Å². The Morgan fingerprint density at radius 1 is 1.29 bits per heavy atom. The maximum Gasteiger partial charge on any atom is 0.236 e. The van der Waals surface area contributed by atoms with Crippen LogP contribution in [0.4, 0.5) is 5.69 Å². The summed E-state index contributed by atoms with van der Waals surface area (Å²) in [5.41, 5.74) is 1.52. The molecule has 0 atom stereocenters. The van der Waals surface area contributed by atoms with Gasteiger partial charge in [0.2, 0.25) is 11.8 Å². The number of anilines is 1. The van der Waals surface area contributed by atoms with Crippen molar-refractivity contribution in [1.29, 1.82) is 0 Å². The predicted molar refractivity (Wildman–Crippen MR) is 97.2 cm³/mol. The minimum Gasteiger partial charge on any atom is -0.440 e. The Bertz CT molecular complexity index is 822. The van der Waals surface area contributed by atoms with Crippen LogP contribution in [0, 0.1) is 6.92 Å². The molecule has 0 saturated carbocycles. The van der Waals surface area contributed by atoms with E-state index in [1.165, 1.54) is 0 Å². The Labute approximate surface area is 145 Å². The van der Waals surface area contributed by atoms with Crippen molar-refractivity contribution in [2.75, 3.05) is 11.4 Å². The van der Waals surface area contributed by atoms with E-state index in [1.807, 2.05) is 54.8 Å². The SMILES string of the molecule is C=CCN(C(=O)Cc1nc(-c2cccs2)oc1C)c1ccccc1. The molecule has 0 spiro atoms. The molecule has 122 valence electrons. The highest BCUT2D eigenvalue weighted by Crippen LogP contribution is 2.26. The van der Waals surface area contributed by atoms with E-state index in [1.54, 1.807) is 22.3 Å². The molecule has 0 aliphatic rings. The van der Waals surface area contributed by atoms with Crippen LogP contribution in [0.25, 0.3) is 10.8 Å². The van der Waals surface area contributed by atoms with Crippen LogP contribution in [-0.4, -0.2) is 17.4 Å². The van der Waals surface area contributed by atoms with E-state index in [-0.39, 0.29) is 12.3 Å². The van der Waals surface area contributed by atoms with E-state index in [9.17, 15) is 4.79 Å². The average Bonchev–Trinajstić information content (AvgIpc) is 3.24. The number of hydrogen-bond acceptors (Lipinski definition) is 4. The van der Waals surface area contributed by atoms with Crippen molar-refractivity contribution in [3.05, 3.63) is 72.0 Å². The van der Waals surface area contributed by atoms with Crippen molar-refractivity contribution in [2.24, 2.45) is 0 Å². The van der Waals surface area contributed by atoms with E-state index >= 15 is 0 Å². The Hall–Kier alpha value is -2.66. The molecule has 1 amide bonds.